The Morgan fingerprint density at radius 3 is 2.90 bits per heavy atom. The molecular formula is C6H4ClN3. The van der Waals surface area contributed by atoms with Crippen LogP contribution in [0.4, 0.5) is 11.5 Å². The quantitative estimate of drug-likeness (QED) is 0.579. The zero-order valence-corrected chi connectivity index (χ0v) is 5.76. The summed E-state index contributed by atoms with van der Waals surface area (Å²) in [5.41, 5.74) is 5.61. The standard InChI is InChI=1S/C6H4ClN3/c1-9-5-3-10-6(8)2-4(5)7/h2-3H,(H2,8,10). The van der Waals surface area contributed by atoms with E-state index in [9.17, 15) is 0 Å². The monoisotopic (exact) mass is 153 g/mol. The molecule has 2 N–H and O–H groups in total. The van der Waals surface area contributed by atoms with Crippen LogP contribution in [0.5, 0.6) is 0 Å². The number of anilines is 1. The maximum atomic E-state index is 6.61. The predicted octanol–water partition coefficient (Wildman–Crippen LogP) is 1.87. The van der Waals surface area contributed by atoms with Gasteiger partial charge in [-0.15, -0.1) is 0 Å². The van der Waals surface area contributed by atoms with Gasteiger partial charge >= 0.3 is 0 Å². The van der Waals surface area contributed by atoms with Gasteiger partial charge in [0.2, 0.25) is 5.69 Å². The Balaban J connectivity index is 3.23. The number of rotatable bonds is 0. The minimum atomic E-state index is 0.330. The molecule has 0 aliphatic carbocycles. The van der Waals surface area contributed by atoms with Crippen LogP contribution in [-0.4, -0.2) is 4.98 Å². The summed E-state index contributed by atoms with van der Waals surface area (Å²) in [5, 5.41) is 0.350. The van der Waals surface area contributed by atoms with Crippen molar-refractivity contribution in [1.82, 2.24) is 4.98 Å². The molecule has 0 saturated heterocycles. The molecule has 0 aliphatic heterocycles. The number of hydrogen-bond donors (Lipinski definition) is 1. The van der Waals surface area contributed by atoms with Gasteiger partial charge in [-0.25, -0.2) is 4.85 Å². The maximum absolute atomic E-state index is 6.61. The summed E-state index contributed by atoms with van der Waals surface area (Å²) in [6.07, 6.45) is 1.35. The first-order valence-corrected chi connectivity index (χ1v) is 2.90. The maximum Gasteiger partial charge on any atom is 0.223 e. The van der Waals surface area contributed by atoms with Crippen molar-refractivity contribution in [2.45, 2.75) is 0 Å². The second-order valence-corrected chi connectivity index (χ2v) is 2.08. The van der Waals surface area contributed by atoms with Gasteiger partial charge in [-0.1, -0.05) is 11.6 Å². The van der Waals surface area contributed by atoms with Gasteiger partial charge in [-0.05, 0) is 6.07 Å². The fourth-order valence-electron chi connectivity index (χ4n) is 0.521. The molecule has 1 aromatic heterocycles. The van der Waals surface area contributed by atoms with Gasteiger partial charge in [-0.3, -0.25) is 4.98 Å². The van der Waals surface area contributed by atoms with Crippen molar-refractivity contribution in [2.24, 2.45) is 0 Å². The van der Waals surface area contributed by atoms with E-state index in [4.69, 9.17) is 23.9 Å². The Kier molecular flexibility index (Phi) is 1.74. The van der Waals surface area contributed by atoms with Crippen LogP contribution in [0.15, 0.2) is 12.3 Å². The van der Waals surface area contributed by atoms with E-state index >= 15 is 0 Å². The van der Waals surface area contributed by atoms with Crippen LogP contribution in [0.2, 0.25) is 5.02 Å². The van der Waals surface area contributed by atoms with Crippen molar-refractivity contribution < 1.29 is 0 Å². The number of pyridine rings is 1. The van der Waals surface area contributed by atoms with Gasteiger partial charge in [0, 0.05) is 6.20 Å². The van der Waals surface area contributed by atoms with Crippen LogP contribution in [-0.2, 0) is 0 Å². The van der Waals surface area contributed by atoms with Gasteiger partial charge in [0.05, 0.1) is 11.6 Å². The first-order chi connectivity index (χ1) is 4.74. The van der Waals surface area contributed by atoms with Gasteiger partial charge < -0.3 is 5.73 Å². The molecule has 0 saturated carbocycles. The number of nitrogens with two attached hydrogens (primary N) is 1. The van der Waals surface area contributed by atoms with Crippen LogP contribution >= 0.6 is 11.6 Å². The van der Waals surface area contributed by atoms with E-state index in [1.807, 2.05) is 0 Å². The third kappa shape index (κ3) is 1.17. The highest BCUT2D eigenvalue weighted by molar-refractivity contribution is 6.33. The summed E-state index contributed by atoms with van der Waals surface area (Å²) >= 11 is 5.60. The van der Waals surface area contributed by atoms with E-state index in [1.54, 1.807) is 0 Å². The Hall–Kier alpha value is -1.27. The third-order valence-corrected chi connectivity index (χ3v) is 1.28. The number of hydrogen-bond acceptors (Lipinski definition) is 2. The van der Waals surface area contributed by atoms with Crippen LogP contribution in [0.25, 0.3) is 4.85 Å². The molecule has 0 bridgehead atoms. The number of nitrogen functional groups attached to an aromatic ring is 1. The lowest BCUT2D eigenvalue weighted by Gasteiger charge is -1.93. The van der Waals surface area contributed by atoms with E-state index in [2.05, 4.69) is 9.83 Å². The highest BCUT2D eigenvalue weighted by Gasteiger charge is 1.98. The molecule has 10 heavy (non-hydrogen) atoms. The minimum absolute atomic E-state index is 0.330. The van der Waals surface area contributed by atoms with Crippen molar-refractivity contribution >= 4 is 23.1 Å². The van der Waals surface area contributed by atoms with Crippen molar-refractivity contribution in [2.75, 3.05) is 5.73 Å². The zero-order chi connectivity index (χ0) is 7.56. The predicted molar refractivity (Wildman–Crippen MR) is 39.9 cm³/mol. The molecule has 0 radical (unpaired) electrons. The molecular weight excluding hydrogens is 150 g/mol. The summed E-state index contributed by atoms with van der Waals surface area (Å²) in [6, 6.07) is 1.45. The molecule has 1 rings (SSSR count). The van der Waals surface area contributed by atoms with E-state index in [1.165, 1.54) is 12.3 Å². The lowest BCUT2D eigenvalue weighted by atomic mass is 10.4. The van der Waals surface area contributed by atoms with E-state index < -0.39 is 0 Å². The molecule has 0 fully saturated rings. The topological polar surface area (TPSA) is 43.3 Å². The highest BCUT2D eigenvalue weighted by atomic mass is 35.5. The Bertz CT molecular complexity index is 290. The van der Waals surface area contributed by atoms with Crippen LogP contribution in [0.1, 0.15) is 0 Å². The molecule has 0 aromatic carbocycles. The molecule has 4 heteroatoms. The molecule has 50 valence electrons. The SMILES string of the molecule is [C-]#[N+]c1cnc(N)cc1Cl. The lowest BCUT2D eigenvalue weighted by Crippen LogP contribution is -1.87. The fraction of sp³-hybridized carbons (Fsp3) is 0. The third-order valence-electron chi connectivity index (χ3n) is 0.976. The second kappa shape index (κ2) is 2.54. The first kappa shape index (κ1) is 6.84. The van der Waals surface area contributed by atoms with Crippen molar-refractivity contribution in [1.29, 1.82) is 0 Å². The van der Waals surface area contributed by atoms with Crippen LogP contribution in [0, 0.1) is 6.57 Å². The van der Waals surface area contributed by atoms with Gasteiger partial charge in [0.1, 0.15) is 5.82 Å². The minimum Gasteiger partial charge on any atom is -0.384 e. The van der Waals surface area contributed by atoms with Crippen LogP contribution < -0.4 is 5.73 Å². The molecule has 0 spiro atoms. The summed E-state index contributed by atoms with van der Waals surface area (Å²) in [7, 11) is 0. The molecule has 0 atom stereocenters. The number of nitrogens with zero attached hydrogens (tertiary/aromatic N) is 2. The van der Waals surface area contributed by atoms with E-state index in [-0.39, 0.29) is 0 Å². The molecule has 1 heterocycles. The summed E-state index contributed by atoms with van der Waals surface area (Å²) < 4.78 is 0. The molecule has 0 aliphatic rings. The average molecular weight is 154 g/mol. The van der Waals surface area contributed by atoms with Gasteiger partial charge in [0.25, 0.3) is 0 Å². The Labute approximate surface area is 63.3 Å². The van der Waals surface area contributed by atoms with Gasteiger partial charge in [-0.2, -0.15) is 0 Å². The van der Waals surface area contributed by atoms with Crippen molar-refractivity contribution in [3.63, 3.8) is 0 Å². The Morgan fingerprint density at radius 2 is 2.40 bits per heavy atom. The number of aromatic nitrogens is 1. The summed E-state index contributed by atoms with van der Waals surface area (Å²) in [5.74, 6) is 0.331. The molecule has 1 aromatic rings. The van der Waals surface area contributed by atoms with Crippen molar-refractivity contribution in [3.8, 4) is 0 Å². The Morgan fingerprint density at radius 1 is 1.70 bits per heavy atom. The van der Waals surface area contributed by atoms with E-state index in [0.717, 1.165) is 0 Å². The summed E-state index contributed by atoms with van der Waals surface area (Å²) in [4.78, 5) is 6.80. The molecule has 0 unspecified atom stereocenters. The lowest BCUT2D eigenvalue weighted by molar-refractivity contribution is 1.35. The van der Waals surface area contributed by atoms with E-state index in [0.29, 0.717) is 16.5 Å². The smallest absolute Gasteiger partial charge is 0.223 e. The average Bonchev–Trinajstić information content (AvgIpc) is 1.88. The zero-order valence-electron chi connectivity index (χ0n) is 5.00. The van der Waals surface area contributed by atoms with Crippen LogP contribution in [0.3, 0.4) is 0 Å². The fourth-order valence-corrected chi connectivity index (χ4v) is 0.724. The normalized spacial score (nSPS) is 8.80. The largest absolute Gasteiger partial charge is 0.384 e. The highest BCUT2D eigenvalue weighted by Crippen LogP contribution is 2.24. The van der Waals surface area contributed by atoms with Gasteiger partial charge in [0.15, 0.2) is 0 Å². The molecule has 3 nitrogen and oxygen atoms in total. The molecule has 0 amide bonds. The second-order valence-electron chi connectivity index (χ2n) is 1.67. The summed E-state index contributed by atoms with van der Waals surface area (Å²) in [6.45, 7) is 6.61. The number of halogens is 1. The first-order valence-electron chi connectivity index (χ1n) is 2.52. The van der Waals surface area contributed by atoms with Crippen molar-refractivity contribution in [3.05, 3.63) is 28.7 Å².